The van der Waals surface area contributed by atoms with Crippen molar-refractivity contribution in [2.24, 2.45) is 0 Å². The maximum Gasteiger partial charge on any atom is 0.338 e. The molecular formula is C17H25N3O6S. The zero-order valence-electron chi connectivity index (χ0n) is 15.8. The van der Waals surface area contributed by atoms with Gasteiger partial charge < -0.3 is 10.1 Å². The molecule has 0 aliphatic rings. The number of nitrogens with one attached hydrogen (secondary N) is 3. The van der Waals surface area contributed by atoms with Crippen LogP contribution in [0.5, 0.6) is 0 Å². The Bertz CT molecular complexity index is 799. The summed E-state index contributed by atoms with van der Waals surface area (Å²) in [6.45, 7) is 6.65. The van der Waals surface area contributed by atoms with E-state index < -0.39 is 40.1 Å². The predicted octanol–water partition coefficient (Wildman–Crippen LogP) is 1.16. The van der Waals surface area contributed by atoms with Gasteiger partial charge in [0.05, 0.1) is 10.5 Å². The lowest BCUT2D eigenvalue weighted by atomic mass is 10.1. The number of urea groups is 1. The largest absolute Gasteiger partial charge is 0.452 e. The molecule has 0 saturated heterocycles. The van der Waals surface area contributed by atoms with Crippen LogP contribution >= 0.6 is 0 Å². The first-order valence-corrected chi connectivity index (χ1v) is 9.82. The van der Waals surface area contributed by atoms with Crippen molar-refractivity contribution in [2.45, 2.75) is 44.6 Å². The Hall–Kier alpha value is -2.46. The summed E-state index contributed by atoms with van der Waals surface area (Å²) in [4.78, 5) is 35.2. The van der Waals surface area contributed by atoms with Gasteiger partial charge in [-0.2, -0.15) is 0 Å². The van der Waals surface area contributed by atoms with E-state index in [1.54, 1.807) is 20.8 Å². The van der Waals surface area contributed by atoms with Crippen LogP contribution in [0.1, 0.15) is 44.5 Å². The van der Waals surface area contributed by atoms with Crippen molar-refractivity contribution in [1.82, 2.24) is 15.4 Å². The number of hydrogen-bond donors (Lipinski definition) is 3. The van der Waals surface area contributed by atoms with E-state index in [0.29, 0.717) is 6.42 Å². The average Bonchev–Trinajstić information content (AvgIpc) is 2.56. The Morgan fingerprint density at radius 1 is 1.15 bits per heavy atom. The fraction of sp³-hybridized carbons (Fsp3) is 0.471. The highest BCUT2D eigenvalue weighted by Gasteiger charge is 2.19. The Balaban J connectivity index is 2.67. The monoisotopic (exact) mass is 399 g/mol. The van der Waals surface area contributed by atoms with Gasteiger partial charge in [0, 0.05) is 12.1 Å². The van der Waals surface area contributed by atoms with Crippen LogP contribution < -0.4 is 15.4 Å². The number of hydrogen-bond acceptors (Lipinski definition) is 6. The van der Waals surface area contributed by atoms with Gasteiger partial charge in [0.15, 0.2) is 6.61 Å². The first kappa shape index (κ1) is 22.6. The van der Waals surface area contributed by atoms with Gasteiger partial charge in [-0.25, -0.2) is 22.7 Å². The van der Waals surface area contributed by atoms with E-state index in [2.05, 4.69) is 10.0 Å². The van der Waals surface area contributed by atoms with E-state index in [4.69, 9.17) is 4.74 Å². The number of imide groups is 1. The first-order valence-electron chi connectivity index (χ1n) is 8.33. The lowest BCUT2D eigenvalue weighted by Gasteiger charge is -2.20. The van der Waals surface area contributed by atoms with Crippen molar-refractivity contribution >= 4 is 27.9 Å². The molecule has 1 aromatic carbocycles. The summed E-state index contributed by atoms with van der Waals surface area (Å²) in [5.74, 6) is -1.69. The van der Waals surface area contributed by atoms with Crippen molar-refractivity contribution in [2.75, 3.05) is 13.2 Å². The smallest absolute Gasteiger partial charge is 0.338 e. The molecule has 1 rings (SSSR count). The van der Waals surface area contributed by atoms with Crippen molar-refractivity contribution in [3.8, 4) is 0 Å². The number of carbonyl (C=O) groups excluding carboxylic acids is 3. The summed E-state index contributed by atoms with van der Waals surface area (Å²) in [7, 11) is -3.73. The Morgan fingerprint density at radius 2 is 1.81 bits per heavy atom. The molecule has 27 heavy (non-hydrogen) atoms. The molecule has 3 N–H and O–H groups in total. The third-order valence-corrected chi connectivity index (χ3v) is 4.46. The highest BCUT2D eigenvalue weighted by Crippen LogP contribution is 2.12. The Labute approximate surface area is 158 Å². The summed E-state index contributed by atoms with van der Waals surface area (Å²) in [5, 5.41) is 4.56. The zero-order chi connectivity index (χ0) is 20.7. The third kappa shape index (κ3) is 8.18. The van der Waals surface area contributed by atoms with E-state index >= 15 is 0 Å². The van der Waals surface area contributed by atoms with E-state index in [0.717, 1.165) is 6.07 Å². The van der Waals surface area contributed by atoms with Crippen LogP contribution in [0, 0.1) is 0 Å². The number of esters is 1. The molecule has 1 aromatic rings. The van der Waals surface area contributed by atoms with E-state index in [1.165, 1.54) is 18.2 Å². The number of ether oxygens (including phenoxy) is 1. The van der Waals surface area contributed by atoms with Gasteiger partial charge in [0.2, 0.25) is 10.0 Å². The number of rotatable bonds is 7. The van der Waals surface area contributed by atoms with Crippen LogP contribution in [-0.2, 0) is 19.6 Å². The molecule has 3 amide bonds. The van der Waals surface area contributed by atoms with Gasteiger partial charge in [0.25, 0.3) is 5.91 Å². The fourth-order valence-electron chi connectivity index (χ4n) is 1.86. The summed E-state index contributed by atoms with van der Waals surface area (Å²) in [6.07, 6.45) is 0.624. The topological polar surface area (TPSA) is 131 Å². The molecule has 0 bridgehead atoms. The summed E-state index contributed by atoms with van der Waals surface area (Å²) >= 11 is 0. The maximum atomic E-state index is 12.1. The third-order valence-electron chi connectivity index (χ3n) is 3.00. The second-order valence-electron chi connectivity index (χ2n) is 6.75. The molecule has 0 heterocycles. The second kappa shape index (κ2) is 9.47. The highest BCUT2D eigenvalue weighted by atomic mass is 32.2. The van der Waals surface area contributed by atoms with Gasteiger partial charge in [-0.3, -0.25) is 10.1 Å². The molecule has 0 radical (unpaired) electrons. The van der Waals surface area contributed by atoms with Crippen LogP contribution in [0.15, 0.2) is 29.2 Å². The molecule has 0 spiro atoms. The lowest BCUT2D eigenvalue weighted by molar-refractivity contribution is -0.123. The van der Waals surface area contributed by atoms with Crippen LogP contribution in [-0.4, -0.2) is 45.0 Å². The average molecular weight is 399 g/mol. The van der Waals surface area contributed by atoms with E-state index in [-0.39, 0.29) is 17.0 Å². The molecule has 0 unspecified atom stereocenters. The minimum absolute atomic E-state index is 0.0266. The molecule has 0 fully saturated rings. The zero-order valence-corrected chi connectivity index (χ0v) is 16.6. The van der Waals surface area contributed by atoms with Crippen LogP contribution in [0.4, 0.5) is 4.79 Å². The summed E-state index contributed by atoms with van der Waals surface area (Å²) < 4.78 is 31.4. The van der Waals surface area contributed by atoms with E-state index in [1.807, 2.05) is 12.2 Å². The molecule has 0 atom stereocenters. The highest BCUT2D eigenvalue weighted by molar-refractivity contribution is 7.89. The molecule has 0 aliphatic heterocycles. The molecule has 0 aliphatic carbocycles. The molecule has 0 aromatic heterocycles. The van der Waals surface area contributed by atoms with Crippen LogP contribution in [0.2, 0.25) is 0 Å². The molecule has 10 heteroatoms. The van der Waals surface area contributed by atoms with Gasteiger partial charge in [0.1, 0.15) is 0 Å². The molecular weight excluding hydrogens is 374 g/mol. The number of carbonyl (C=O) groups is 3. The fourth-order valence-corrected chi connectivity index (χ4v) is 3.04. The van der Waals surface area contributed by atoms with E-state index in [9.17, 15) is 22.8 Å². The molecule has 150 valence electrons. The summed E-state index contributed by atoms with van der Waals surface area (Å²) in [6, 6.07) is 4.56. The van der Waals surface area contributed by atoms with Crippen LogP contribution in [0.3, 0.4) is 0 Å². The second-order valence-corrected chi connectivity index (χ2v) is 8.52. The molecule has 9 nitrogen and oxygen atoms in total. The Morgan fingerprint density at radius 3 is 2.41 bits per heavy atom. The van der Waals surface area contributed by atoms with Gasteiger partial charge in [-0.1, -0.05) is 13.0 Å². The van der Waals surface area contributed by atoms with Crippen LogP contribution in [0.25, 0.3) is 0 Å². The normalized spacial score (nSPS) is 11.6. The Kier molecular flexibility index (Phi) is 7.92. The quantitative estimate of drug-likeness (QED) is 0.590. The first-order chi connectivity index (χ1) is 12.4. The van der Waals surface area contributed by atoms with Crippen molar-refractivity contribution in [3.63, 3.8) is 0 Å². The SMILES string of the molecule is CCCNS(=O)(=O)c1cccc(C(=O)OCC(=O)NC(=O)NC(C)(C)C)c1. The van der Waals surface area contributed by atoms with Crippen molar-refractivity contribution in [3.05, 3.63) is 29.8 Å². The van der Waals surface area contributed by atoms with Crippen molar-refractivity contribution in [1.29, 1.82) is 0 Å². The van der Waals surface area contributed by atoms with Gasteiger partial charge in [-0.15, -0.1) is 0 Å². The predicted molar refractivity (Wildman–Crippen MR) is 98.6 cm³/mol. The molecule has 0 saturated carbocycles. The minimum atomic E-state index is -3.73. The van der Waals surface area contributed by atoms with Gasteiger partial charge >= 0.3 is 12.0 Å². The number of benzene rings is 1. The van der Waals surface area contributed by atoms with Crippen molar-refractivity contribution < 1.29 is 27.5 Å². The standard InChI is InChI=1S/C17H25N3O6S/c1-5-9-18-27(24,25)13-8-6-7-12(10-13)15(22)26-11-14(21)19-16(23)20-17(2,3)4/h6-8,10,18H,5,9,11H2,1-4H3,(H2,19,20,21,23). The number of amides is 3. The minimum Gasteiger partial charge on any atom is -0.452 e. The lowest BCUT2D eigenvalue weighted by Crippen LogP contribution is -2.49. The summed E-state index contributed by atoms with van der Waals surface area (Å²) in [5.41, 5.74) is -0.556. The van der Waals surface area contributed by atoms with Gasteiger partial charge in [-0.05, 0) is 45.4 Å². The number of sulfonamides is 1. The maximum absolute atomic E-state index is 12.1.